The van der Waals surface area contributed by atoms with Crippen molar-refractivity contribution in [1.29, 1.82) is 0 Å². The van der Waals surface area contributed by atoms with Gasteiger partial charge in [0.15, 0.2) is 5.67 Å². The highest BCUT2D eigenvalue weighted by Gasteiger charge is 2.62. The van der Waals surface area contributed by atoms with Crippen LogP contribution in [0, 0.1) is 0 Å². The molecule has 72 valence electrons. The Balaban J connectivity index is 2.85. The second-order valence-corrected chi connectivity index (χ2v) is 4.38. The Morgan fingerprint density at radius 2 is 1.67 bits per heavy atom. The summed E-state index contributed by atoms with van der Waals surface area (Å²) in [5.41, 5.74) is -2.37. The molecule has 0 nitrogen and oxygen atoms in total. The van der Waals surface area contributed by atoms with Gasteiger partial charge in [0.1, 0.15) is 10.2 Å². The van der Waals surface area contributed by atoms with Gasteiger partial charge in [-0.2, -0.15) is 0 Å². The van der Waals surface area contributed by atoms with Gasteiger partial charge in [0.05, 0.1) is 0 Å². The molecular weight excluding hydrogens is 235 g/mol. The fourth-order valence-corrected chi connectivity index (χ4v) is 2.13. The third-order valence-electron chi connectivity index (χ3n) is 2.00. The molecule has 1 aliphatic rings. The summed E-state index contributed by atoms with van der Waals surface area (Å²) in [7, 11) is 0. The van der Waals surface area contributed by atoms with Crippen LogP contribution in [0.5, 0.6) is 0 Å². The van der Waals surface area contributed by atoms with Gasteiger partial charge in [0.25, 0.3) is 5.92 Å². The van der Waals surface area contributed by atoms with Crippen LogP contribution in [0.4, 0.5) is 13.2 Å². The number of alkyl halides is 6. The first-order valence-corrected chi connectivity index (χ1v) is 4.60. The van der Waals surface area contributed by atoms with Crippen molar-refractivity contribution in [3.05, 3.63) is 0 Å². The molecule has 0 N–H and O–H groups in total. The minimum absolute atomic E-state index is 0.397. The van der Waals surface area contributed by atoms with Crippen LogP contribution in [0.2, 0.25) is 0 Å². The number of halogens is 6. The molecule has 12 heavy (non-hydrogen) atoms. The van der Waals surface area contributed by atoms with Gasteiger partial charge in [-0.25, -0.2) is 13.2 Å². The predicted molar refractivity (Wildman–Crippen MR) is 43.2 cm³/mol. The van der Waals surface area contributed by atoms with Crippen molar-refractivity contribution in [2.24, 2.45) is 0 Å². The van der Waals surface area contributed by atoms with Crippen molar-refractivity contribution >= 4 is 34.8 Å². The Morgan fingerprint density at radius 1 is 1.17 bits per heavy atom. The molecule has 0 radical (unpaired) electrons. The highest BCUT2D eigenvalue weighted by Crippen LogP contribution is 2.51. The minimum atomic E-state index is -3.21. The number of hydrogen-bond acceptors (Lipinski definition) is 0. The molecule has 1 saturated carbocycles. The second-order valence-electron chi connectivity index (χ2n) is 2.85. The van der Waals surface area contributed by atoms with Crippen LogP contribution in [0.1, 0.15) is 12.8 Å². The highest BCUT2D eigenvalue weighted by atomic mass is 35.5. The normalized spacial score (nSPS) is 40.8. The van der Waals surface area contributed by atoms with E-state index >= 15 is 0 Å². The molecule has 2 atom stereocenters. The lowest BCUT2D eigenvalue weighted by Crippen LogP contribution is -2.42. The van der Waals surface area contributed by atoms with Crippen LogP contribution >= 0.6 is 34.8 Å². The summed E-state index contributed by atoms with van der Waals surface area (Å²) in [5, 5.41) is -1.93. The Labute approximate surface area is 83.0 Å². The third-order valence-corrected chi connectivity index (χ3v) is 3.40. The molecule has 1 aliphatic carbocycles. The van der Waals surface area contributed by atoms with Crippen molar-refractivity contribution in [2.45, 2.75) is 34.6 Å². The molecule has 1 rings (SSSR count). The van der Waals surface area contributed by atoms with E-state index in [1.54, 1.807) is 0 Å². The molecule has 0 aromatic rings. The van der Waals surface area contributed by atoms with E-state index in [0.717, 1.165) is 0 Å². The van der Waals surface area contributed by atoms with E-state index in [1.807, 2.05) is 0 Å². The standard InChI is InChI=1S/C6H6Cl3F3/c7-3-5(10,4(8)9)1-2-6(3,11)12/h3-4H,1-2H2. The molecule has 0 amide bonds. The summed E-state index contributed by atoms with van der Waals surface area (Å²) in [6, 6.07) is 0. The van der Waals surface area contributed by atoms with E-state index < -0.39 is 34.6 Å². The van der Waals surface area contributed by atoms with E-state index in [1.165, 1.54) is 0 Å². The zero-order valence-electron chi connectivity index (χ0n) is 5.84. The molecule has 0 aliphatic heterocycles. The van der Waals surface area contributed by atoms with Gasteiger partial charge < -0.3 is 0 Å². The molecular formula is C6H6Cl3F3. The average molecular weight is 241 g/mol. The van der Waals surface area contributed by atoms with Gasteiger partial charge in [-0.05, 0) is 6.42 Å². The first-order chi connectivity index (χ1) is 5.31. The first-order valence-electron chi connectivity index (χ1n) is 3.29. The van der Waals surface area contributed by atoms with Gasteiger partial charge in [0.2, 0.25) is 0 Å². The van der Waals surface area contributed by atoms with E-state index in [2.05, 4.69) is 0 Å². The van der Waals surface area contributed by atoms with Gasteiger partial charge >= 0.3 is 0 Å². The molecule has 0 bridgehead atoms. The van der Waals surface area contributed by atoms with Crippen LogP contribution in [0.25, 0.3) is 0 Å². The van der Waals surface area contributed by atoms with Crippen LogP contribution in [0.3, 0.4) is 0 Å². The number of hydrogen-bond donors (Lipinski definition) is 0. The topological polar surface area (TPSA) is 0 Å². The monoisotopic (exact) mass is 240 g/mol. The molecule has 0 spiro atoms. The predicted octanol–water partition coefficient (Wildman–Crippen LogP) is 3.53. The SMILES string of the molecule is FC1(F)CCC(F)(C(Cl)Cl)C1Cl. The molecule has 6 heteroatoms. The van der Waals surface area contributed by atoms with Crippen molar-refractivity contribution in [2.75, 3.05) is 0 Å². The quantitative estimate of drug-likeness (QED) is 0.616. The maximum absolute atomic E-state index is 13.4. The maximum atomic E-state index is 13.4. The smallest absolute Gasteiger partial charge is 0.239 e. The summed E-state index contributed by atoms with van der Waals surface area (Å²) < 4.78 is 38.9. The van der Waals surface area contributed by atoms with Gasteiger partial charge in [-0.3, -0.25) is 0 Å². The molecule has 2 unspecified atom stereocenters. The zero-order chi connectivity index (χ0) is 9.57. The van der Waals surface area contributed by atoms with Crippen molar-refractivity contribution in [3.63, 3.8) is 0 Å². The summed E-state index contributed by atoms with van der Waals surface area (Å²) >= 11 is 15.7. The van der Waals surface area contributed by atoms with Crippen LogP contribution < -0.4 is 0 Å². The first kappa shape index (κ1) is 10.7. The summed E-state index contributed by atoms with van der Waals surface area (Å²) in [5.74, 6) is -3.21. The minimum Gasteiger partial charge on any atom is -0.239 e. The van der Waals surface area contributed by atoms with Crippen molar-refractivity contribution in [3.8, 4) is 0 Å². The van der Waals surface area contributed by atoms with Crippen molar-refractivity contribution < 1.29 is 13.2 Å². The lowest BCUT2D eigenvalue weighted by atomic mass is 10.1. The Hall–Kier alpha value is 0.660. The van der Waals surface area contributed by atoms with E-state index in [9.17, 15) is 13.2 Å². The molecule has 1 fully saturated rings. The average Bonchev–Trinajstić information content (AvgIpc) is 2.15. The van der Waals surface area contributed by atoms with E-state index in [-0.39, 0.29) is 0 Å². The van der Waals surface area contributed by atoms with E-state index in [0.29, 0.717) is 0 Å². The molecule has 0 aromatic carbocycles. The zero-order valence-corrected chi connectivity index (χ0v) is 8.10. The molecule has 0 saturated heterocycles. The molecule has 0 aromatic heterocycles. The third kappa shape index (κ3) is 1.51. The fourth-order valence-electron chi connectivity index (χ4n) is 1.18. The van der Waals surface area contributed by atoms with Gasteiger partial charge in [-0.15, -0.1) is 34.8 Å². The van der Waals surface area contributed by atoms with Crippen LogP contribution in [0.15, 0.2) is 0 Å². The second kappa shape index (κ2) is 3.10. The summed E-state index contributed by atoms with van der Waals surface area (Å²) in [4.78, 5) is -1.51. The summed E-state index contributed by atoms with van der Waals surface area (Å²) in [6.45, 7) is 0. The molecule has 0 heterocycles. The number of rotatable bonds is 1. The van der Waals surface area contributed by atoms with Gasteiger partial charge in [0, 0.05) is 6.42 Å². The fraction of sp³-hybridized carbons (Fsp3) is 1.00. The Bertz CT molecular complexity index is 185. The van der Waals surface area contributed by atoms with Crippen LogP contribution in [-0.2, 0) is 0 Å². The lowest BCUT2D eigenvalue weighted by molar-refractivity contribution is -0.00246. The maximum Gasteiger partial charge on any atom is 0.267 e. The summed E-state index contributed by atoms with van der Waals surface area (Å²) in [6.07, 6.45) is -1.00. The van der Waals surface area contributed by atoms with Gasteiger partial charge in [-0.1, -0.05) is 0 Å². The van der Waals surface area contributed by atoms with Crippen molar-refractivity contribution in [1.82, 2.24) is 0 Å². The van der Waals surface area contributed by atoms with E-state index in [4.69, 9.17) is 34.8 Å². The van der Waals surface area contributed by atoms with Crippen LogP contribution in [-0.4, -0.2) is 21.8 Å². The highest BCUT2D eigenvalue weighted by molar-refractivity contribution is 6.45. The Kier molecular flexibility index (Phi) is 2.78. The lowest BCUT2D eigenvalue weighted by Gasteiger charge is -2.25. The largest absolute Gasteiger partial charge is 0.267 e. The Morgan fingerprint density at radius 3 is 1.83 bits per heavy atom.